The lowest BCUT2D eigenvalue weighted by Gasteiger charge is -2.30. The van der Waals surface area contributed by atoms with Crippen LogP contribution in [-0.4, -0.2) is 79.7 Å². The SMILES string of the molecule is O=C(Oc1ccc(/C=N/Nc2nc(N3CCOCC3)nc(N3CCOCC3)n2)cc1)c1ccc(Cl)cc1. The van der Waals surface area contributed by atoms with Gasteiger partial charge in [-0.05, 0) is 54.1 Å². The molecule has 0 aliphatic carbocycles. The zero-order valence-electron chi connectivity index (χ0n) is 20.0. The monoisotopic (exact) mass is 523 g/mol. The average Bonchev–Trinajstić information content (AvgIpc) is 2.95. The molecule has 2 fully saturated rings. The molecule has 11 nitrogen and oxygen atoms in total. The lowest BCUT2D eigenvalue weighted by molar-refractivity contribution is 0.0734. The molecule has 2 saturated heterocycles. The molecule has 2 aliphatic heterocycles. The first-order chi connectivity index (χ1) is 18.1. The highest BCUT2D eigenvalue weighted by molar-refractivity contribution is 6.30. The Bertz CT molecular complexity index is 1190. The van der Waals surface area contributed by atoms with Crippen LogP contribution in [0.1, 0.15) is 15.9 Å². The molecule has 3 heterocycles. The van der Waals surface area contributed by atoms with Crippen LogP contribution in [0.2, 0.25) is 5.02 Å². The van der Waals surface area contributed by atoms with Crippen molar-refractivity contribution in [3.63, 3.8) is 0 Å². The largest absolute Gasteiger partial charge is 0.423 e. The summed E-state index contributed by atoms with van der Waals surface area (Å²) in [6.07, 6.45) is 1.64. The summed E-state index contributed by atoms with van der Waals surface area (Å²) in [4.78, 5) is 30.2. The first-order valence-corrected chi connectivity index (χ1v) is 12.3. The standard InChI is InChI=1S/C25H26ClN7O4/c26-20-5-3-19(4-6-20)22(34)37-21-7-1-18(2-8-21)17-27-31-23-28-24(32-9-13-35-14-10-32)30-25(29-23)33-11-15-36-16-12-33/h1-8,17H,9-16H2,(H,28,29,30,31)/b27-17+. The van der Waals surface area contributed by atoms with Crippen LogP contribution in [0.5, 0.6) is 5.75 Å². The molecular weight excluding hydrogens is 498 g/mol. The topological polar surface area (TPSA) is 114 Å². The van der Waals surface area contributed by atoms with Gasteiger partial charge < -0.3 is 24.0 Å². The fourth-order valence-corrected chi connectivity index (χ4v) is 3.88. The van der Waals surface area contributed by atoms with E-state index in [1.54, 1.807) is 54.7 Å². The first-order valence-electron chi connectivity index (χ1n) is 11.9. The van der Waals surface area contributed by atoms with Crippen molar-refractivity contribution < 1.29 is 19.0 Å². The number of morpholine rings is 2. The third-order valence-corrected chi connectivity index (χ3v) is 6.00. The molecule has 1 aromatic heterocycles. The van der Waals surface area contributed by atoms with Crippen molar-refractivity contribution in [2.24, 2.45) is 5.10 Å². The van der Waals surface area contributed by atoms with Gasteiger partial charge in [-0.2, -0.15) is 20.1 Å². The Morgan fingerprint density at radius 2 is 1.43 bits per heavy atom. The number of nitrogens with zero attached hydrogens (tertiary/aromatic N) is 6. The van der Waals surface area contributed by atoms with E-state index in [0.29, 0.717) is 86.8 Å². The van der Waals surface area contributed by atoms with Crippen LogP contribution >= 0.6 is 11.6 Å². The van der Waals surface area contributed by atoms with E-state index < -0.39 is 5.97 Å². The molecule has 12 heteroatoms. The quantitative estimate of drug-likeness (QED) is 0.214. The van der Waals surface area contributed by atoms with Crippen LogP contribution < -0.4 is 20.0 Å². The summed E-state index contributed by atoms with van der Waals surface area (Å²) in [5, 5.41) is 4.85. The summed E-state index contributed by atoms with van der Waals surface area (Å²) in [5.74, 6) is 1.49. The van der Waals surface area contributed by atoms with Gasteiger partial charge in [0.25, 0.3) is 0 Å². The van der Waals surface area contributed by atoms with Gasteiger partial charge in [0, 0.05) is 31.2 Å². The summed E-state index contributed by atoms with van der Waals surface area (Å²) < 4.78 is 16.3. The van der Waals surface area contributed by atoms with Crippen molar-refractivity contribution in [2.75, 3.05) is 67.8 Å². The van der Waals surface area contributed by atoms with Crippen molar-refractivity contribution in [1.29, 1.82) is 0 Å². The summed E-state index contributed by atoms with van der Waals surface area (Å²) in [7, 11) is 0. The van der Waals surface area contributed by atoms with Crippen molar-refractivity contribution in [2.45, 2.75) is 0 Å². The Morgan fingerprint density at radius 1 is 0.865 bits per heavy atom. The number of carbonyl (C=O) groups is 1. The molecule has 37 heavy (non-hydrogen) atoms. The second-order valence-electron chi connectivity index (χ2n) is 8.29. The Balaban J connectivity index is 1.24. The molecule has 192 valence electrons. The van der Waals surface area contributed by atoms with E-state index in [4.69, 9.17) is 25.8 Å². The molecule has 0 radical (unpaired) electrons. The molecule has 1 N–H and O–H groups in total. The van der Waals surface area contributed by atoms with Crippen LogP contribution in [0.4, 0.5) is 17.8 Å². The maximum atomic E-state index is 12.3. The van der Waals surface area contributed by atoms with E-state index in [0.717, 1.165) is 5.56 Å². The number of aromatic nitrogens is 3. The Labute approximate surface area is 219 Å². The molecular formula is C25H26ClN7O4. The molecule has 0 unspecified atom stereocenters. The molecule has 0 bridgehead atoms. The van der Waals surface area contributed by atoms with Crippen LogP contribution in [0.25, 0.3) is 0 Å². The predicted octanol–water partition coefficient (Wildman–Crippen LogP) is 2.86. The molecule has 5 rings (SSSR count). The Hall–Kier alpha value is -3.80. The van der Waals surface area contributed by atoms with E-state index in [2.05, 4.69) is 35.3 Å². The van der Waals surface area contributed by atoms with Gasteiger partial charge in [-0.3, -0.25) is 0 Å². The molecule has 2 aliphatic rings. The number of nitrogens with one attached hydrogen (secondary N) is 1. The normalized spacial score (nSPS) is 16.1. The van der Waals surface area contributed by atoms with Crippen molar-refractivity contribution in [3.05, 3.63) is 64.7 Å². The molecule has 0 amide bonds. The van der Waals surface area contributed by atoms with Crippen LogP contribution in [0.3, 0.4) is 0 Å². The number of hydrogen-bond donors (Lipinski definition) is 1. The number of rotatable bonds is 7. The molecule has 0 atom stereocenters. The molecule has 2 aromatic carbocycles. The van der Waals surface area contributed by atoms with Gasteiger partial charge in [0.15, 0.2) is 0 Å². The summed E-state index contributed by atoms with van der Waals surface area (Å²) in [5.41, 5.74) is 4.14. The number of hydrazone groups is 1. The fourth-order valence-electron chi connectivity index (χ4n) is 3.75. The average molecular weight is 524 g/mol. The summed E-state index contributed by atoms with van der Waals surface area (Å²) in [6, 6.07) is 13.5. The van der Waals surface area contributed by atoms with E-state index in [1.807, 2.05) is 0 Å². The minimum absolute atomic E-state index is 0.350. The maximum Gasteiger partial charge on any atom is 0.343 e. The highest BCUT2D eigenvalue weighted by atomic mass is 35.5. The lowest BCUT2D eigenvalue weighted by Crippen LogP contribution is -2.40. The highest BCUT2D eigenvalue weighted by Crippen LogP contribution is 2.19. The molecule has 0 saturated carbocycles. The smallest absolute Gasteiger partial charge is 0.343 e. The minimum Gasteiger partial charge on any atom is -0.423 e. The Kier molecular flexibility index (Phi) is 8.04. The van der Waals surface area contributed by atoms with Gasteiger partial charge >= 0.3 is 5.97 Å². The van der Waals surface area contributed by atoms with Gasteiger partial charge in [-0.1, -0.05) is 11.6 Å². The van der Waals surface area contributed by atoms with E-state index in [1.165, 1.54) is 0 Å². The summed E-state index contributed by atoms with van der Waals surface area (Å²) in [6.45, 7) is 5.37. The number of hydrogen-bond acceptors (Lipinski definition) is 11. The van der Waals surface area contributed by atoms with Crippen molar-refractivity contribution >= 4 is 41.6 Å². The third kappa shape index (κ3) is 6.70. The second-order valence-corrected chi connectivity index (χ2v) is 8.73. The van der Waals surface area contributed by atoms with Gasteiger partial charge in [-0.15, -0.1) is 0 Å². The number of carbonyl (C=O) groups excluding carboxylic acids is 1. The number of esters is 1. The molecule has 3 aromatic rings. The third-order valence-electron chi connectivity index (χ3n) is 5.75. The fraction of sp³-hybridized carbons (Fsp3) is 0.320. The lowest BCUT2D eigenvalue weighted by atomic mass is 10.2. The van der Waals surface area contributed by atoms with Gasteiger partial charge in [-0.25, -0.2) is 10.2 Å². The van der Waals surface area contributed by atoms with Crippen LogP contribution in [0.15, 0.2) is 53.6 Å². The second kappa shape index (κ2) is 12.0. The Morgan fingerprint density at radius 3 is 2.00 bits per heavy atom. The van der Waals surface area contributed by atoms with Gasteiger partial charge in [0.1, 0.15) is 5.75 Å². The minimum atomic E-state index is -0.457. The van der Waals surface area contributed by atoms with E-state index in [-0.39, 0.29) is 0 Å². The zero-order chi connectivity index (χ0) is 25.5. The highest BCUT2D eigenvalue weighted by Gasteiger charge is 2.20. The van der Waals surface area contributed by atoms with E-state index in [9.17, 15) is 4.79 Å². The van der Waals surface area contributed by atoms with Gasteiger partial charge in [0.2, 0.25) is 17.8 Å². The maximum absolute atomic E-state index is 12.3. The number of anilines is 3. The van der Waals surface area contributed by atoms with E-state index >= 15 is 0 Å². The van der Waals surface area contributed by atoms with Gasteiger partial charge in [0.05, 0.1) is 38.2 Å². The first kappa shape index (κ1) is 24.9. The van der Waals surface area contributed by atoms with Crippen molar-refractivity contribution in [3.8, 4) is 5.75 Å². The predicted molar refractivity (Wildman–Crippen MR) is 140 cm³/mol. The summed E-state index contributed by atoms with van der Waals surface area (Å²) >= 11 is 5.87. The number of ether oxygens (including phenoxy) is 3. The van der Waals surface area contributed by atoms with Crippen LogP contribution in [0, 0.1) is 0 Å². The molecule has 0 spiro atoms. The van der Waals surface area contributed by atoms with Crippen LogP contribution in [-0.2, 0) is 9.47 Å². The number of halogens is 1. The number of benzene rings is 2. The zero-order valence-corrected chi connectivity index (χ0v) is 20.8. The van der Waals surface area contributed by atoms with Crippen molar-refractivity contribution in [1.82, 2.24) is 15.0 Å².